The van der Waals surface area contributed by atoms with Gasteiger partial charge in [0.1, 0.15) is 0 Å². The van der Waals surface area contributed by atoms with Crippen molar-refractivity contribution in [3.8, 4) is 0 Å². The summed E-state index contributed by atoms with van der Waals surface area (Å²) in [6.07, 6.45) is 1.76. The highest BCUT2D eigenvalue weighted by Crippen LogP contribution is 2.15. The average Bonchev–Trinajstić information content (AvgIpc) is 2.60. The van der Waals surface area contributed by atoms with Crippen molar-refractivity contribution in [3.63, 3.8) is 0 Å². The predicted molar refractivity (Wildman–Crippen MR) is 75.5 cm³/mol. The summed E-state index contributed by atoms with van der Waals surface area (Å²) >= 11 is 0. The van der Waals surface area contributed by atoms with Crippen LogP contribution < -0.4 is 11.5 Å². The van der Waals surface area contributed by atoms with Crippen LogP contribution in [0.4, 0.5) is 0 Å². The van der Waals surface area contributed by atoms with Crippen LogP contribution in [0, 0.1) is 6.92 Å². The van der Waals surface area contributed by atoms with Crippen molar-refractivity contribution in [2.75, 3.05) is 0 Å². The Morgan fingerprint density at radius 3 is 2.79 bits per heavy atom. The van der Waals surface area contributed by atoms with Crippen molar-refractivity contribution < 1.29 is 9.21 Å². The van der Waals surface area contributed by atoms with E-state index in [4.69, 9.17) is 10.2 Å². The molecule has 104 valence electrons. The van der Waals surface area contributed by atoms with E-state index in [1.165, 1.54) is 0 Å². The molecule has 0 atom stereocenters. The third kappa shape index (κ3) is 3.61. The van der Waals surface area contributed by atoms with Crippen molar-refractivity contribution in [3.05, 3.63) is 34.3 Å². The second-order valence-electron chi connectivity index (χ2n) is 4.41. The molecule has 1 aromatic heterocycles. The summed E-state index contributed by atoms with van der Waals surface area (Å²) < 4.78 is 6.75. The van der Waals surface area contributed by atoms with Crippen LogP contribution in [0.15, 0.2) is 27.4 Å². The van der Waals surface area contributed by atoms with E-state index in [0.717, 1.165) is 17.5 Å². The van der Waals surface area contributed by atoms with Crippen LogP contribution >= 0.6 is 12.4 Å². The molecular weight excluding hydrogens is 268 g/mol. The van der Waals surface area contributed by atoms with Gasteiger partial charge in [0, 0.05) is 13.0 Å². The van der Waals surface area contributed by atoms with E-state index in [2.05, 4.69) is 0 Å². The number of primary amides is 1. The fourth-order valence-corrected chi connectivity index (χ4v) is 1.95. The maximum atomic E-state index is 11.7. The number of carbonyl (C=O) groups excluding carboxylic acids is 1. The molecule has 0 aliphatic heterocycles. The normalized spacial score (nSPS) is 10.4. The number of aryl methyl sites for hydroxylation is 2. The second-order valence-corrected chi connectivity index (χ2v) is 4.41. The molecule has 0 aliphatic carbocycles. The summed E-state index contributed by atoms with van der Waals surface area (Å²) in [6.45, 7) is 2.51. The molecule has 0 radical (unpaired) electrons. The van der Waals surface area contributed by atoms with Gasteiger partial charge in [-0.1, -0.05) is 6.07 Å². The fraction of sp³-hybridized carbons (Fsp3) is 0.385. The number of aromatic nitrogens is 1. The molecular formula is C13H17ClN2O3. The smallest absolute Gasteiger partial charge is 0.408 e. The molecule has 0 saturated heterocycles. The number of oxazole rings is 1. The molecule has 0 aliphatic rings. The molecule has 19 heavy (non-hydrogen) atoms. The SMILES string of the molecule is Cc1ccc2oc(=O)n(CCCCC(N)=O)c2c1.Cl. The molecule has 0 saturated carbocycles. The molecule has 0 fully saturated rings. The number of rotatable bonds is 5. The van der Waals surface area contributed by atoms with E-state index < -0.39 is 0 Å². The van der Waals surface area contributed by atoms with E-state index in [-0.39, 0.29) is 24.1 Å². The fourth-order valence-electron chi connectivity index (χ4n) is 1.95. The number of halogens is 1. The van der Waals surface area contributed by atoms with Crippen molar-refractivity contribution in [2.45, 2.75) is 32.7 Å². The Bertz CT molecular complexity index is 630. The van der Waals surface area contributed by atoms with Crippen LogP contribution in [0.25, 0.3) is 11.1 Å². The number of hydrogen-bond donors (Lipinski definition) is 1. The van der Waals surface area contributed by atoms with E-state index in [9.17, 15) is 9.59 Å². The predicted octanol–water partition coefficient (Wildman–Crippen LogP) is 1.98. The topological polar surface area (TPSA) is 78.2 Å². The minimum Gasteiger partial charge on any atom is -0.408 e. The summed E-state index contributed by atoms with van der Waals surface area (Å²) in [5.41, 5.74) is 7.55. The number of carbonyl (C=O) groups is 1. The Morgan fingerprint density at radius 1 is 1.37 bits per heavy atom. The standard InChI is InChI=1S/C13H16N2O3.ClH/c1-9-5-6-11-10(8-9)15(13(17)18-11)7-3-2-4-12(14)16;/h5-6,8H,2-4,7H2,1H3,(H2,14,16);1H. The van der Waals surface area contributed by atoms with Gasteiger partial charge in [-0.3, -0.25) is 9.36 Å². The quantitative estimate of drug-likeness (QED) is 0.853. The van der Waals surface area contributed by atoms with Crippen LogP contribution in [-0.2, 0) is 11.3 Å². The lowest BCUT2D eigenvalue weighted by Crippen LogP contribution is -2.15. The van der Waals surface area contributed by atoms with Gasteiger partial charge in [-0.2, -0.15) is 0 Å². The molecule has 1 aromatic carbocycles. The molecule has 0 spiro atoms. The summed E-state index contributed by atoms with van der Waals surface area (Å²) in [7, 11) is 0. The van der Waals surface area contributed by atoms with E-state index in [1.807, 2.05) is 19.1 Å². The number of benzene rings is 1. The highest BCUT2D eigenvalue weighted by atomic mass is 35.5. The molecule has 2 N–H and O–H groups in total. The monoisotopic (exact) mass is 284 g/mol. The van der Waals surface area contributed by atoms with Gasteiger partial charge < -0.3 is 10.2 Å². The third-order valence-corrected chi connectivity index (χ3v) is 2.88. The number of unbranched alkanes of at least 4 members (excludes halogenated alkanes) is 1. The molecule has 0 bridgehead atoms. The van der Waals surface area contributed by atoms with Gasteiger partial charge in [-0.15, -0.1) is 12.4 Å². The molecule has 6 heteroatoms. The molecule has 5 nitrogen and oxygen atoms in total. The van der Waals surface area contributed by atoms with Gasteiger partial charge in [0.2, 0.25) is 5.91 Å². The first-order chi connectivity index (χ1) is 8.58. The van der Waals surface area contributed by atoms with Crippen molar-refractivity contribution >= 4 is 29.4 Å². The Labute approximate surface area is 116 Å². The highest BCUT2D eigenvalue weighted by molar-refractivity contribution is 5.85. The van der Waals surface area contributed by atoms with Crippen molar-refractivity contribution in [1.82, 2.24) is 4.57 Å². The largest absolute Gasteiger partial charge is 0.419 e. The second kappa shape index (κ2) is 6.43. The Hall–Kier alpha value is -1.75. The Balaban J connectivity index is 0.00000180. The Morgan fingerprint density at radius 2 is 2.11 bits per heavy atom. The number of nitrogens with two attached hydrogens (primary N) is 1. The lowest BCUT2D eigenvalue weighted by atomic mass is 10.2. The number of fused-ring (bicyclic) bond motifs is 1. The van der Waals surface area contributed by atoms with E-state index >= 15 is 0 Å². The van der Waals surface area contributed by atoms with E-state index in [1.54, 1.807) is 10.6 Å². The first-order valence-corrected chi connectivity index (χ1v) is 5.96. The first-order valence-electron chi connectivity index (χ1n) is 5.96. The number of amides is 1. The zero-order valence-electron chi connectivity index (χ0n) is 10.7. The van der Waals surface area contributed by atoms with Gasteiger partial charge >= 0.3 is 5.76 Å². The third-order valence-electron chi connectivity index (χ3n) is 2.88. The minimum atomic E-state index is -0.352. The number of hydrogen-bond acceptors (Lipinski definition) is 3. The lowest BCUT2D eigenvalue weighted by Gasteiger charge is -2.01. The summed E-state index contributed by atoms with van der Waals surface area (Å²) in [5, 5.41) is 0. The first kappa shape index (κ1) is 15.3. The molecule has 2 rings (SSSR count). The zero-order chi connectivity index (χ0) is 13.1. The Kier molecular flexibility index (Phi) is 5.18. The van der Waals surface area contributed by atoms with Gasteiger partial charge in [-0.05, 0) is 37.5 Å². The van der Waals surface area contributed by atoms with Gasteiger partial charge in [0.05, 0.1) is 5.52 Å². The zero-order valence-corrected chi connectivity index (χ0v) is 11.5. The lowest BCUT2D eigenvalue weighted by molar-refractivity contribution is -0.118. The van der Waals surface area contributed by atoms with Gasteiger partial charge in [-0.25, -0.2) is 4.79 Å². The van der Waals surface area contributed by atoms with Crippen molar-refractivity contribution in [2.24, 2.45) is 5.73 Å². The summed E-state index contributed by atoms with van der Waals surface area (Å²) in [5.74, 6) is -0.662. The van der Waals surface area contributed by atoms with Gasteiger partial charge in [0.25, 0.3) is 0 Å². The van der Waals surface area contributed by atoms with Crippen LogP contribution in [0.1, 0.15) is 24.8 Å². The molecule has 1 amide bonds. The maximum Gasteiger partial charge on any atom is 0.419 e. The average molecular weight is 285 g/mol. The van der Waals surface area contributed by atoms with E-state index in [0.29, 0.717) is 25.0 Å². The van der Waals surface area contributed by atoms with Crippen molar-refractivity contribution in [1.29, 1.82) is 0 Å². The van der Waals surface area contributed by atoms with Crippen LogP contribution in [0.2, 0.25) is 0 Å². The van der Waals surface area contributed by atoms with Crippen LogP contribution in [0.3, 0.4) is 0 Å². The molecule has 1 heterocycles. The van der Waals surface area contributed by atoms with Crippen LogP contribution in [-0.4, -0.2) is 10.5 Å². The maximum absolute atomic E-state index is 11.7. The molecule has 2 aromatic rings. The summed E-state index contributed by atoms with van der Waals surface area (Å²) in [6, 6.07) is 5.63. The van der Waals surface area contributed by atoms with Crippen LogP contribution in [0.5, 0.6) is 0 Å². The highest BCUT2D eigenvalue weighted by Gasteiger charge is 2.08. The summed E-state index contributed by atoms with van der Waals surface area (Å²) in [4.78, 5) is 22.3. The minimum absolute atomic E-state index is 0. The number of nitrogens with zero attached hydrogens (tertiary/aromatic N) is 1. The van der Waals surface area contributed by atoms with Gasteiger partial charge in [0.15, 0.2) is 5.58 Å². The molecule has 0 unspecified atom stereocenters.